The minimum atomic E-state index is -3.79. The lowest BCUT2D eigenvalue weighted by Crippen LogP contribution is -2.27. The molecule has 0 fully saturated rings. The highest BCUT2D eigenvalue weighted by atomic mass is 32.2. The van der Waals surface area contributed by atoms with E-state index in [1.807, 2.05) is 6.92 Å². The Labute approximate surface area is 122 Å². The molecule has 1 aromatic heterocycles. The van der Waals surface area contributed by atoms with E-state index in [1.54, 1.807) is 30.5 Å². The van der Waals surface area contributed by atoms with E-state index in [1.165, 1.54) is 11.7 Å². The molecule has 0 spiro atoms. The Morgan fingerprint density at radius 1 is 1.29 bits per heavy atom. The van der Waals surface area contributed by atoms with Gasteiger partial charge in [0.05, 0.1) is 11.3 Å². The number of anilines is 1. The van der Waals surface area contributed by atoms with Crippen LogP contribution in [0.15, 0.2) is 40.6 Å². The Kier molecular flexibility index (Phi) is 2.98. The van der Waals surface area contributed by atoms with Gasteiger partial charge in [0.25, 0.3) is 10.0 Å². The first-order valence-corrected chi connectivity index (χ1v) is 7.83. The van der Waals surface area contributed by atoms with Crippen molar-refractivity contribution in [3.8, 4) is 0 Å². The van der Waals surface area contributed by atoms with Gasteiger partial charge in [-0.25, -0.2) is 0 Å². The number of hydrogen-bond donors (Lipinski definition) is 1. The first-order chi connectivity index (χ1) is 10.0. The second kappa shape index (κ2) is 4.59. The van der Waals surface area contributed by atoms with Gasteiger partial charge in [0.15, 0.2) is 0 Å². The summed E-state index contributed by atoms with van der Waals surface area (Å²) in [7, 11) is -2.33. The number of oxime groups is 1. The standard InChI is InChI=1S/C13H14N4O3S/c1-3-17-8-10-12(15-18)9-6-4-5-7-11(9)16(2)21(19,20)13(10)14-17/h4-8,18H,3H2,1-2H3/b15-12-. The summed E-state index contributed by atoms with van der Waals surface area (Å²) in [5.41, 5.74) is 1.50. The molecule has 1 N–H and O–H groups in total. The molecular formula is C13H14N4O3S. The van der Waals surface area contributed by atoms with Crippen LogP contribution in [0.2, 0.25) is 0 Å². The van der Waals surface area contributed by atoms with Crippen molar-refractivity contribution in [2.24, 2.45) is 5.16 Å². The summed E-state index contributed by atoms with van der Waals surface area (Å²) in [6.45, 7) is 2.37. The highest BCUT2D eigenvalue weighted by molar-refractivity contribution is 7.92. The lowest BCUT2D eigenvalue weighted by Gasteiger charge is -2.18. The molecule has 2 aromatic rings. The third-order valence-corrected chi connectivity index (χ3v) is 5.22. The van der Waals surface area contributed by atoms with Crippen LogP contribution in [-0.4, -0.2) is 36.2 Å². The van der Waals surface area contributed by atoms with Crippen molar-refractivity contribution in [2.45, 2.75) is 18.5 Å². The van der Waals surface area contributed by atoms with Crippen LogP contribution in [-0.2, 0) is 16.6 Å². The molecule has 0 saturated heterocycles. The van der Waals surface area contributed by atoms with E-state index >= 15 is 0 Å². The SMILES string of the molecule is CCn1cc2c(n1)S(=O)(=O)N(C)c1ccccc1/C2=N/O. The monoisotopic (exact) mass is 306 g/mol. The first-order valence-electron chi connectivity index (χ1n) is 6.39. The first kappa shape index (κ1) is 13.6. The van der Waals surface area contributed by atoms with Crippen LogP contribution in [0.1, 0.15) is 18.1 Å². The third-order valence-electron chi connectivity index (χ3n) is 3.51. The van der Waals surface area contributed by atoms with Crippen LogP contribution in [0.4, 0.5) is 5.69 Å². The van der Waals surface area contributed by atoms with Crippen molar-refractivity contribution in [3.63, 3.8) is 0 Å². The second-order valence-corrected chi connectivity index (χ2v) is 6.53. The molecule has 1 aliphatic rings. The molecule has 8 heteroatoms. The molecule has 0 saturated carbocycles. The normalized spacial score (nSPS) is 18.2. The second-order valence-electron chi connectivity index (χ2n) is 4.64. The van der Waals surface area contributed by atoms with Gasteiger partial charge in [-0.15, -0.1) is 0 Å². The van der Waals surface area contributed by atoms with E-state index < -0.39 is 10.0 Å². The zero-order valence-electron chi connectivity index (χ0n) is 11.6. The van der Waals surface area contributed by atoms with Gasteiger partial charge in [0.1, 0.15) is 5.71 Å². The Bertz CT molecular complexity index is 839. The average molecular weight is 306 g/mol. The fourth-order valence-corrected chi connectivity index (χ4v) is 3.69. The lowest BCUT2D eigenvalue weighted by molar-refractivity contribution is 0.319. The molecule has 1 aliphatic heterocycles. The van der Waals surface area contributed by atoms with Crippen LogP contribution in [0.5, 0.6) is 0 Å². The summed E-state index contributed by atoms with van der Waals surface area (Å²) in [6.07, 6.45) is 1.58. The highest BCUT2D eigenvalue weighted by Crippen LogP contribution is 2.33. The highest BCUT2D eigenvalue weighted by Gasteiger charge is 2.36. The molecule has 0 aliphatic carbocycles. The minimum absolute atomic E-state index is 0.101. The number of aryl methyl sites for hydroxylation is 1. The molecule has 0 unspecified atom stereocenters. The quantitative estimate of drug-likeness (QED) is 0.635. The maximum Gasteiger partial charge on any atom is 0.284 e. The van der Waals surface area contributed by atoms with Crippen LogP contribution >= 0.6 is 0 Å². The van der Waals surface area contributed by atoms with Crippen molar-refractivity contribution in [3.05, 3.63) is 41.6 Å². The third kappa shape index (κ3) is 1.83. The van der Waals surface area contributed by atoms with Gasteiger partial charge in [-0.3, -0.25) is 8.99 Å². The van der Waals surface area contributed by atoms with Crippen LogP contribution in [0.3, 0.4) is 0 Å². The Balaban J connectivity index is 2.43. The van der Waals surface area contributed by atoms with Gasteiger partial charge in [0.2, 0.25) is 5.03 Å². The minimum Gasteiger partial charge on any atom is -0.410 e. The molecule has 0 atom stereocenters. The number of fused-ring (bicyclic) bond motifs is 2. The van der Waals surface area contributed by atoms with E-state index in [2.05, 4.69) is 10.3 Å². The van der Waals surface area contributed by atoms with Crippen molar-refractivity contribution in [1.82, 2.24) is 9.78 Å². The number of nitrogens with zero attached hydrogens (tertiary/aromatic N) is 4. The fraction of sp³-hybridized carbons (Fsp3) is 0.231. The molecule has 7 nitrogen and oxygen atoms in total. The molecule has 1 aromatic carbocycles. The topological polar surface area (TPSA) is 87.8 Å². The molecular weight excluding hydrogens is 292 g/mol. The fourth-order valence-electron chi connectivity index (χ4n) is 2.38. The summed E-state index contributed by atoms with van der Waals surface area (Å²) in [5.74, 6) is 0. The smallest absolute Gasteiger partial charge is 0.284 e. The Morgan fingerprint density at radius 3 is 2.67 bits per heavy atom. The Hall–Kier alpha value is -2.35. The van der Waals surface area contributed by atoms with Gasteiger partial charge in [-0.05, 0) is 13.0 Å². The van der Waals surface area contributed by atoms with E-state index in [9.17, 15) is 13.6 Å². The maximum absolute atomic E-state index is 12.7. The zero-order chi connectivity index (χ0) is 15.2. The van der Waals surface area contributed by atoms with E-state index in [0.717, 1.165) is 4.31 Å². The predicted molar refractivity (Wildman–Crippen MR) is 77.4 cm³/mol. The van der Waals surface area contributed by atoms with Gasteiger partial charge < -0.3 is 5.21 Å². The molecule has 21 heavy (non-hydrogen) atoms. The van der Waals surface area contributed by atoms with Crippen molar-refractivity contribution in [2.75, 3.05) is 11.4 Å². The van der Waals surface area contributed by atoms with E-state index in [4.69, 9.17) is 0 Å². The van der Waals surface area contributed by atoms with Crippen molar-refractivity contribution < 1.29 is 13.6 Å². The number of sulfonamides is 1. The number of rotatable bonds is 1. The van der Waals surface area contributed by atoms with Gasteiger partial charge in [0, 0.05) is 25.4 Å². The molecule has 0 amide bonds. The van der Waals surface area contributed by atoms with Crippen LogP contribution in [0, 0.1) is 0 Å². The molecule has 3 rings (SSSR count). The van der Waals surface area contributed by atoms with Crippen LogP contribution < -0.4 is 4.31 Å². The summed E-state index contributed by atoms with van der Waals surface area (Å²) < 4.78 is 28.1. The number of benzene rings is 1. The number of hydrogen-bond acceptors (Lipinski definition) is 5. The number of aromatic nitrogens is 2. The number of para-hydroxylation sites is 1. The van der Waals surface area contributed by atoms with Crippen molar-refractivity contribution in [1.29, 1.82) is 0 Å². The summed E-state index contributed by atoms with van der Waals surface area (Å²) in [5, 5.41) is 16.7. The summed E-state index contributed by atoms with van der Waals surface area (Å²) in [6, 6.07) is 6.88. The van der Waals surface area contributed by atoms with Gasteiger partial charge >= 0.3 is 0 Å². The van der Waals surface area contributed by atoms with Gasteiger partial charge in [-0.1, -0.05) is 23.4 Å². The zero-order valence-corrected chi connectivity index (χ0v) is 12.4. The Morgan fingerprint density at radius 2 is 2.00 bits per heavy atom. The van der Waals surface area contributed by atoms with E-state index in [0.29, 0.717) is 23.4 Å². The molecule has 2 heterocycles. The van der Waals surface area contributed by atoms with Crippen molar-refractivity contribution >= 4 is 21.4 Å². The lowest BCUT2D eigenvalue weighted by atomic mass is 10.0. The van der Waals surface area contributed by atoms with Gasteiger partial charge in [-0.2, -0.15) is 13.5 Å². The summed E-state index contributed by atoms with van der Waals surface area (Å²) in [4.78, 5) is 0. The average Bonchev–Trinajstić information content (AvgIpc) is 2.90. The largest absolute Gasteiger partial charge is 0.410 e. The molecule has 110 valence electrons. The van der Waals surface area contributed by atoms with E-state index in [-0.39, 0.29) is 10.7 Å². The maximum atomic E-state index is 12.7. The molecule has 0 bridgehead atoms. The van der Waals surface area contributed by atoms with Crippen LogP contribution in [0.25, 0.3) is 0 Å². The molecule has 0 radical (unpaired) electrons. The predicted octanol–water partition coefficient (Wildman–Crippen LogP) is 1.27. The summed E-state index contributed by atoms with van der Waals surface area (Å²) >= 11 is 0.